The second kappa shape index (κ2) is 6.16. The quantitative estimate of drug-likeness (QED) is 0.892. The van der Waals surface area contributed by atoms with Gasteiger partial charge in [0.2, 0.25) is 5.91 Å². The highest BCUT2D eigenvalue weighted by atomic mass is 16.2. The van der Waals surface area contributed by atoms with E-state index in [-0.39, 0.29) is 11.3 Å². The van der Waals surface area contributed by atoms with Gasteiger partial charge in [-0.15, -0.1) is 0 Å². The summed E-state index contributed by atoms with van der Waals surface area (Å²) >= 11 is 0. The number of carbonyl (C=O) groups excluding carboxylic acids is 1. The van der Waals surface area contributed by atoms with Gasteiger partial charge in [0, 0.05) is 18.8 Å². The average molecular weight is 287 g/mol. The van der Waals surface area contributed by atoms with Gasteiger partial charge in [0.15, 0.2) is 0 Å². The Morgan fingerprint density at radius 3 is 2.62 bits per heavy atom. The lowest BCUT2D eigenvalue weighted by atomic mass is 9.89. The SMILES string of the molecule is CC1(C(=O)Nc2ccc(CN3CCCC3)cc2)CCNC1. The highest BCUT2D eigenvalue weighted by Gasteiger charge is 2.36. The second-order valence-corrected chi connectivity index (χ2v) is 6.62. The summed E-state index contributed by atoms with van der Waals surface area (Å²) in [7, 11) is 0. The summed E-state index contributed by atoms with van der Waals surface area (Å²) in [5.41, 5.74) is 1.95. The lowest BCUT2D eigenvalue weighted by Crippen LogP contribution is -2.35. The lowest BCUT2D eigenvalue weighted by molar-refractivity contribution is -0.123. The van der Waals surface area contributed by atoms with Gasteiger partial charge in [-0.3, -0.25) is 9.69 Å². The third-order valence-electron chi connectivity index (χ3n) is 4.73. The van der Waals surface area contributed by atoms with E-state index >= 15 is 0 Å². The first-order chi connectivity index (χ1) is 10.2. The van der Waals surface area contributed by atoms with Crippen molar-refractivity contribution in [3.05, 3.63) is 29.8 Å². The molecule has 1 amide bonds. The Bertz CT molecular complexity index is 485. The van der Waals surface area contributed by atoms with E-state index in [4.69, 9.17) is 0 Å². The van der Waals surface area contributed by atoms with Crippen LogP contribution in [0.5, 0.6) is 0 Å². The van der Waals surface area contributed by atoms with Crippen LogP contribution in [0, 0.1) is 5.41 Å². The van der Waals surface area contributed by atoms with Gasteiger partial charge in [-0.1, -0.05) is 12.1 Å². The molecule has 1 aromatic carbocycles. The monoisotopic (exact) mass is 287 g/mol. The number of benzene rings is 1. The zero-order valence-corrected chi connectivity index (χ0v) is 12.8. The minimum atomic E-state index is -0.270. The van der Waals surface area contributed by atoms with E-state index in [9.17, 15) is 4.79 Å². The molecular formula is C17H25N3O. The molecule has 2 saturated heterocycles. The molecule has 2 heterocycles. The summed E-state index contributed by atoms with van der Waals surface area (Å²) in [5.74, 6) is 0.125. The van der Waals surface area contributed by atoms with E-state index < -0.39 is 0 Å². The molecule has 1 aromatic rings. The number of carbonyl (C=O) groups is 1. The molecule has 114 valence electrons. The van der Waals surface area contributed by atoms with Crippen LogP contribution in [0.1, 0.15) is 31.7 Å². The van der Waals surface area contributed by atoms with E-state index in [1.54, 1.807) is 0 Å². The fourth-order valence-corrected chi connectivity index (χ4v) is 3.19. The highest BCUT2D eigenvalue weighted by molar-refractivity contribution is 5.95. The molecule has 4 nitrogen and oxygen atoms in total. The Balaban J connectivity index is 1.57. The Morgan fingerprint density at radius 1 is 1.29 bits per heavy atom. The first-order valence-corrected chi connectivity index (χ1v) is 7.99. The third-order valence-corrected chi connectivity index (χ3v) is 4.73. The molecule has 2 aliphatic heterocycles. The summed E-state index contributed by atoms with van der Waals surface area (Å²) in [5, 5.41) is 6.32. The van der Waals surface area contributed by atoms with Crippen molar-refractivity contribution in [1.29, 1.82) is 0 Å². The van der Waals surface area contributed by atoms with Crippen LogP contribution in [0.15, 0.2) is 24.3 Å². The van der Waals surface area contributed by atoms with Crippen molar-refractivity contribution in [2.75, 3.05) is 31.5 Å². The number of hydrogen-bond donors (Lipinski definition) is 2. The molecule has 21 heavy (non-hydrogen) atoms. The number of likely N-dealkylation sites (tertiary alicyclic amines) is 1. The number of rotatable bonds is 4. The molecule has 0 aliphatic carbocycles. The van der Waals surface area contributed by atoms with E-state index in [2.05, 4.69) is 27.7 Å². The third kappa shape index (κ3) is 3.44. The molecule has 0 aromatic heterocycles. The molecule has 0 bridgehead atoms. The topological polar surface area (TPSA) is 44.4 Å². The van der Waals surface area contributed by atoms with Crippen molar-refractivity contribution in [2.45, 2.75) is 32.7 Å². The molecule has 4 heteroatoms. The van der Waals surface area contributed by atoms with Crippen LogP contribution in [0.3, 0.4) is 0 Å². The largest absolute Gasteiger partial charge is 0.326 e. The van der Waals surface area contributed by atoms with E-state index in [1.165, 1.54) is 31.5 Å². The Kier molecular flexibility index (Phi) is 4.27. The minimum absolute atomic E-state index is 0.125. The van der Waals surface area contributed by atoms with Crippen molar-refractivity contribution in [1.82, 2.24) is 10.2 Å². The van der Waals surface area contributed by atoms with Crippen molar-refractivity contribution in [3.63, 3.8) is 0 Å². The van der Waals surface area contributed by atoms with E-state index in [0.717, 1.165) is 31.7 Å². The maximum Gasteiger partial charge on any atom is 0.231 e. The van der Waals surface area contributed by atoms with Crippen LogP contribution in [0.25, 0.3) is 0 Å². The van der Waals surface area contributed by atoms with Gasteiger partial charge in [0.25, 0.3) is 0 Å². The standard InChI is InChI=1S/C17H25N3O/c1-17(8-9-18-13-17)16(21)19-15-6-4-14(5-7-15)12-20-10-2-3-11-20/h4-7,18H,2-3,8-13H2,1H3,(H,19,21). The first-order valence-electron chi connectivity index (χ1n) is 7.99. The van der Waals surface area contributed by atoms with Gasteiger partial charge in [-0.2, -0.15) is 0 Å². The van der Waals surface area contributed by atoms with Crippen molar-refractivity contribution < 1.29 is 4.79 Å². The summed E-state index contributed by atoms with van der Waals surface area (Å²) in [4.78, 5) is 14.8. The fraction of sp³-hybridized carbons (Fsp3) is 0.588. The molecule has 1 unspecified atom stereocenters. The molecule has 1 atom stereocenters. The molecule has 2 N–H and O–H groups in total. The molecule has 0 radical (unpaired) electrons. The zero-order chi connectivity index (χ0) is 14.7. The molecule has 0 saturated carbocycles. The second-order valence-electron chi connectivity index (χ2n) is 6.62. The maximum atomic E-state index is 12.3. The number of amides is 1. The smallest absolute Gasteiger partial charge is 0.231 e. The zero-order valence-electron chi connectivity index (χ0n) is 12.8. The lowest BCUT2D eigenvalue weighted by Gasteiger charge is -2.21. The Labute approximate surface area is 126 Å². The normalized spacial score (nSPS) is 26.1. The molecule has 3 rings (SSSR count). The fourth-order valence-electron chi connectivity index (χ4n) is 3.19. The maximum absolute atomic E-state index is 12.3. The average Bonchev–Trinajstić information content (AvgIpc) is 3.13. The molecular weight excluding hydrogens is 262 g/mol. The van der Waals surface area contributed by atoms with Crippen LogP contribution in [-0.4, -0.2) is 37.0 Å². The van der Waals surface area contributed by atoms with Crippen LogP contribution >= 0.6 is 0 Å². The van der Waals surface area contributed by atoms with Crippen LogP contribution in [0.4, 0.5) is 5.69 Å². The molecule has 2 fully saturated rings. The van der Waals surface area contributed by atoms with Crippen LogP contribution in [0.2, 0.25) is 0 Å². The number of hydrogen-bond acceptors (Lipinski definition) is 3. The van der Waals surface area contributed by atoms with Crippen LogP contribution < -0.4 is 10.6 Å². The predicted molar refractivity (Wildman–Crippen MR) is 85.2 cm³/mol. The van der Waals surface area contributed by atoms with E-state index in [0.29, 0.717) is 0 Å². The minimum Gasteiger partial charge on any atom is -0.326 e. The van der Waals surface area contributed by atoms with Gasteiger partial charge in [0.1, 0.15) is 0 Å². The summed E-state index contributed by atoms with van der Waals surface area (Å²) < 4.78 is 0. The van der Waals surface area contributed by atoms with Crippen molar-refractivity contribution in [2.24, 2.45) is 5.41 Å². The number of nitrogens with one attached hydrogen (secondary N) is 2. The molecule has 2 aliphatic rings. The molecule has 0 spiro atoms. The summed E-state index contributed by atoms with van der Waals surface area (Å²) in [6.45, 7) is 7.18. The predicted octanol–water partition coefficient (Wildman–Crippen LogP) is 2.22. The van der Waals surface area contributed by atoms with Crippen molar-refractivity contribution in [3.8, 4) is 0 Å². The van der Waals surface area contributed by atoms with Gasteiger partial charge in [0.05, 0.1) is 5.41 Å². The summed E-state index contributed by atoms with van der Waals surface area (Å²) in [6.07, 6.45) is 3.55. The summed E-state index contributed by atoms with van der Waals surface area (Å²) in [6, 6.07) is 8.30. The van der Waals surface area contributed by atoms with Crippen molar-refractivity contribution >= 4 is 11.6 Å². The van der Waals surface area contributed by atoms with Gasteiger partial charge < -0.3 is 10.6 Å². The van der Waals surface area contributed by atoms with Gasteiger partial charge in [-0.05, 0) is 63.5 Å². The first kappa shape index (κ1) is 14.5. The Hall–Kier alpha value is -1.39. The van der Waals surface area contributed by atoms with E-state index in [1.807, 2.05) is 19.1 Å². The van der Waals surface area contributed by atoms with Gasteiger partial charge >= 0.3 is 0 Å². The number of anilines is 1. The van der Waals surface area contributed by atoms with Crippen LogP contribution in [-0.2, 0) is 11.3 Å². The van der Waals surface area contributed by atoms with Gasteiger partial charge in [-0.25, -0.2) is 0 Å². The highest BCUT2D eigenvalue weighted by Crippen LogP contribution is 2.26. The number of nitrogens with zero attached hydrogens (tertiary/aromatic N) is 1. The Morgan fingerprint density at radius 2 is 2.00 bits per heavy atom.